The Bertz CT molecular complexity index is 489. The van der Waals surface area contributed by atoms with E-state index in [0.29, 0.717) is 23.8 Å². The molecule has 3 aliphatic carbocycles. The Morgan fingerprint density at radius 3 is 2.04 bits per heavy atom. The SMILES string of the molecule is Cl.NC1C2CCCC1CC(C(=O)N1CCC(NC(=O)C3CC3)CC1)C2. The van der Waals surface area contributed by atoms with Crippen LogP contribution in [0.25, 0.3) is 0 Å². The van der Waals surface area contributed by atoms with Gasteiger partial charge in [-0.3, -0.25) is 9.59 Å². The summed E-state index contributed by atoms with van der Waals surface area (Å²) < 4.78 is 0. The summed E-state index contributed by atoms with van der Waals surface area (Å²) in [6.45, 7) is 1.60. The van der Waals surface area contributed by atoms with Crippen molar-refractivity contribution in [2.75, 3.05) is 13.1 Å². The van der Waals surface area contributed by atoms with Crippen molar-refractivity contribution in [2.45, 2.75) is 69.9 Å². The Hall–Kier alpha value is -0.810. The maximum absolute atomic E-state index is 12.9. The molecule has 5 nitrogen and oxygen atoms in total. The number of likely N-dealkylation sites (tertiary alicyclic amines) is 1. The topological polar surface area (TPSA) is 75.4 Å². The zero-order chi connectivity index (χ0) is 16.7. The molecule has 25 heavy (non-hydrogen) atoms. The molecule has 4 aliphatic rings. The van der Waals surface area contributed by atoms with E-state index >= 15 is 0 Å². The van der Waals surface area contributed by atoms with Crippen molar-refractivity contribution in [3.8, 4) is 0 Å². The molecular formula is C19H32ClN3O2. The van der Waals surface area contributed by atoms with Gasteiger partial charge in [0.05, 0.1) is 0 Å². The van der Waals surface area contributed by atoms with Gasteiger partial charge in [-0.25, -0.2) is 0 Å². The zero-order valence-corrected chi connectivity index (χ0v) is 15.8. The van der Waals surface area contributed by atoms with Crippen LogP contribution >= 0.6 is 12.4 Å². The van der Waals surface area contributed by atoms with E-state index in [2.05, 4.69) is 10.2 Å². The Kier molecular flexibility index (Phi) is 5.94. The van der Waals surface area contributed by atoms with Crippen LogP contribution in [-0.4, -0.2) is 41.9 Å². The van der Waals surface area contributed by atoms with Crippen LogP contribution < -0.4 is 11.1 Å². The summed E-state index contributed by atoms with van der Waals surface area (Å²) in [7, 11) is 0. The van der Waals surface area contributed by atoms with E-state index in [4.69, 9.17) is 5.73 Å². The highest BCUT2D eigenvalue weighted by Crippen LogP contribution is 2.42. The van der Waals surface area contributed by atoms with E-state index in [9.17, 15) is 9.59 Å². The molecule has 6 heteroatoms. The highest BCUT2D eigenvalue weighted by atomic mass is 35.5. The second-order valence-electron chi connectivity index (χ2n) is 8.58. The van der Waals surface area contributed by atoms with Crippen molar-refractivity contribution in [3.05, 3.63) is 0 Å². The van der Waals surface area contributed by atoms with Crippen molar-refractivity contribution in [2.24, 2.45) is 29.4 Å². The van der Waals surface area contributed by atoms with Gasteiger partial charge in [0, 0.05) is 37.0 Å². The van der Waals surface area contributed by atoms with Crippen molar-refractivity contribution in [1.82, 2.24) is 10.2 Å². The fraction of sp³-hybridized carbons (Fsp3) is 0.895. The van der Waals surface area contributed by atoms with Crippen LogP contribution in [0.4, 0.5) is 0 Å². The number of rotatable bonds is 3. The Morgan fingerprint density at radius 1 is 0.880 bits per heavy atom. The average molecular weight is 370 g/mol. The fourth-order valence-electron chi connectivity index (χ4n) is 5.16. The lowest BCUT2D eigenvalue weighted by Gasteiger charge is -2.45. The minimum atomic E-state index is 0. The summed E-state index contributed by atoms with van der Waals surface area (Å²) >= 11 is 0. The summed E-state index contributed by atoms with van der Waals surface area (Å²) in [6.07, 6.45) is 9.60. The maximum Gasteiger partial charge on any atom is 0.225 e. The molecule has 1 aliphatic heterocycles. The molecule has 2 bridgehead atoms. The number of nitrogens with two attached hydrogens (primary N) is 1. The summed E-state index contributed by atoms with van der Waals surface area (Å²) in [5.41, 5.74) is 6.35. The normalized spacial score (nSPS) is 35.6. The lowest BCUT2D eigenvalue weighted by atomic mass is 9.65. The minimum Gasteiger partial charge on any atom is -0.353 e. The molecule has 142 valence electrons. The maximum atomic E-state index is 12.9. The number of hydrogen-bond acceptors (Lipinski definition) is 3. The van der Waals surface area contributed by atoms with Crippen LogP contribution in [0.3, 0.4) is 0 Å². The number of amides is 2. The number of hydrogen-bond donors (Lipinski definition) is 2. The molecule has 2 atom stereocenters. The number of carbonyl (C=O) groups excluding carboxylic acids is 2. The first-order chi connectivity index (χ1) is 11.6. The quantitative estimate of drug-likeness (QED) is 0.799. The van der Waals surface area contributed by atoms with Crippen LogP contribution in [-0.2, 0) is 9.59 Å². The first-order valence-corrected chi connectivity index (χ1v) is 9.96. The lowest BCUT2D eigenvalue weighted by Crippen LogP contribution is -2.52. The second kappa shape index (κ2) is 7.83. The molecule has 0 radical (unpaired) electrons. The summed E-state index contributed by atoms with van der Waals surface area (Å²) in [6, 6.07) is 0.590. The fourth-order valence-corrected chi connectivity index (χ4v) is 5.16. The summed E-state index contributed by atoms with van der Waals surface area (Å²) in [5, 5.41) is 3.16. The third kappa shape index (κ3) is 4.13. The van der Waals surface area contributed by atoms with Crippen molar-refractivity contribution >= 4 is 24.2 Å². The molecule has 0 spiro atoms. The van der Waals surface area contributed by atoms with Crippen LogP contribution in [0, 0.1) is 23.7 Å². The monoisotopic (exact) mass is 369 g/mol. The summed E-state index contributed by atoms with van der Waals surface area (Å²) in [4.78, 5) is 26.9. The molecular weight excluding hydrogens is 338 g/mol. The molecule has 3 saturated carbocycles. The molecule has 2 unspecified atom stereocenters. The molecule has 1 heterocycles. The van der Waals surface area contributed by atoms with E-state index in [1.54, 1.807) is 0 Å². The van der Waals surface area contributed by atoms with Gasteiger partial charge >= 0.3 is 0 Å². The third-order valence-electron chi connectivity index (χ3n) is 6.86. The first kappa shape index (κ1) is 19.0. The van der Waals surface area contributed by atoms with Crippen LogP contribution in [0.2, 0.25) is 0 Å². The smallest absolute Gasteiger partial charge is 0.225 e. The predicted octanol–water partition coefficient (Wildman–Crippen LogP) is 2.08. The van der Waals surface area contributed by atoms with Crippen LogP contribution in [0.15, 0.2) is 0 Å². The summed E-state index contributed by atoms with van der Waals surface area (Å²) in [5.74, 6) is 2.16. The van der Waals surface area contributed by atoms with Crippen molar-refractivity contribution in [1.29, 1.82) is 0 Å². The number of fused-ring (bicyclic) bond motifs is 2. The van der Waals surface area contributed by atoms with Gasteiger partial charge in [0.1, 0.15) is 0 Å². The molecule has 4 fully saturated rings. The third-order valence-corrected chi connectivity index (χ3v) is 6.86. The molecule has 1 saturated heterocycles. The van der Waals surface area contributed by atoms with Gasteiger partial charge in [0.25, 0.3) is 0 Å². The molecule has 0 aromatic carbocycles. The van der Waals surface area contributed by atoms with Crippen LogP contribution in [0.5, 0.6) is 0 Å². The number of piperidine rings is 1. The van der Waals surface area contributed by atoms with Gasteiger partial charge in [0.15, 0.2) is 0 Å². The Morgan fingerprint density at radius 2 is 1.48 bits per heavy atom. The average Bonchev–Trinajstić information content (AvgIpc) is 3.39. The zero-order valence-electron chi connectivity index (χ0n) is 15.0. The van der Waals surface area contributed by atoms with E-state index in [1.807, 2.05) is 0 Å². The predicted molar refractivity (Wildman–Crippen MR) is 99.2 cm³/mol. The highest BCUT2D eigenvalue weighted by Gasteiger charge is 2.42. The molecule has 3 N–H and O–H groups in total. The van der Waals surface area contributed by atoms with Crippen LogP contribution in [0.1, 0.15) is 57.8 Å². The van der Waals surface area contributed by atoms with Gasteiger partial charge in [-0.2, -0.15) is 0 Å². The highest BCUT2D eigenvalue weighted by molar-refractivity contribution is 5.85. The standard InChI is InChI=1S/C19H31N3O2.ClH/c20-17-13-2-1-3-14(17)11-15(10-13)19(24)22-8-6-16(7-9-22)21-18(23)12-4-5-12;/h12-17H,1-11,20H2,(H,21,23);1H. The Labute approximate surface area is 156 Å². The molecule has 4 rings (SSSR count). The van der Waals surface area contributed by atoms with E-state index < -0.39 is 0 Å². The second-order valence-corrected chi connectivity index (χ2v) is 8.58. The van der Waals surface area contributed by atoms with Gasteiger partial charge in [-0.1, -0.05) is 6.42 Å². The van der Waals surface area contributed by atoms with Gasteiger partial charge < -0.3 is 16.0 Å². The van der Waals surface area contributed by atoms with E-state index in [-0.39, 0.29) is 36.2 Å². The van der Waals surface area contributed by atoms with Gasteiger partial charge in [-0.05, 0) is 63.2 Å². The number of carbonyl (C=O) groups is 2. The van der Waals surface area contributed by atoms with E-state index in [0.717, 1.165) is 51.6 Å². The minimum absolute atomic E-state index is 0. The molecule has 0 aromatic rings. The van der Waals surface area contributed by atoms with Crippen molar-refractivity contribution < 1.29 is 9.59 Å². The number of halogens is 1. The van der Waals surface area contributed by atoms with Gasteiger partial charge in [-0.15, -0.1) is 12.4 Å². The lowest BCUT2D eigenvalue weighted by molar-refractivity contribution is -0.139. The van der Waals surface area contributed by atoms with E-state index in [1.165, 1.54) is 19.3 Å². The number of nitrogens with one attached hydrogen (secondary N) is 1. The largest absolute Gasteiger partial charge is 0.353 e. The molecule has 2 amide bonds. The van der Waals surface area contributed by atoms with Crippen molar-refractivity contribution in [3.63, 3.8) is 0 Å². The Balaban J connectivity index is 0.00000182. The molecule has 0 aromatic heterocycles. The first-order valence-electron chi connectivity index (χ1n) is 9.96. The van der Waals surface area contributed by atoms with Gasteiger partial charge in [0.2, 0.25) is 11.8 Å². The number of nitrogens with zero attached hydrogens (tertiary/aromatic N) is 1.